The van der Waals surface area contributed by atoms with E-state index in [1.54, 1.807) is 0 Å². The van der Waals surface area contributed by atoms with Gasteiger partial charge in [-0.1, -0.05) is 12.6 Å². The largest absolute Gasteiger partial charge is 0.416 e. The fourth-order valence-electron chi connectivity index (χ4n) is 3.70. The smallest absolute Gasteiger partial charge is 0.379 e. The zero-order valence-electron chi connectivity index (χ0n) is 16.0. The summed E-state index contributed by atoms with van der Waals surface area (Å²) in [6, 6.07) is 3.12. The maximum atomic E-state index is 13.6. The van der Waals surface area contributed by atoms with Gasteiger partial charge in [-0.25, -0.2) is 0 Å². The van der Waals surface area contributed by atoms with Crippen molar-refractivity contribution >= 4 is 17.5 Å². The molecule has 1 unspecified atom stereocenters. The summed E-state index contributed by atoms with van der Waals surface area (Å²) in [4.78, 5) is 27.7. The fourth-order valence-corrected chi connectivity index (χ4v) is 3.70. The molecule has 0 radical (unpaired) electrons. The first-order valence-corrected chi connectivity index (χ1v) is 9.53. The third-order valence-corrected chi connectivity index (χ3v) is 5.19. The average molecular weight is 411 g/mol. The predicted octanol–water partition coefficient (Wildman–Crippen LogP) is 2.65. The molecule has 1 atom stereocenters. The minimum absolute atomic E-state index is 0.0611. The molecule has 2 aliphatic rings. The van der Waals surface area contributed by atoms with E-state index in [-0.39, 0.29) is 23.7 Å². The number of ether oxygens (including phenoxy) is 1. The molecule has 1 aromatic carbocycles. The number of amides is 2. The second-order valence-electron chi connectivity index (χ2n) is 7.14. The van der Waals surface area contributed by atoms with E-state index in [1.807, 2.05) is 4.90 Å². The molecule has 2 fully saturated rings. The molecule has 2 aliphatic heterocycles. The van der Waals surface area contributed by atoms with E-state index in [2.05, 4.69) is 11.9 Å². The normalized spacial score (nSPS) is 20.5. The Morgan fingerprint density at radius 2 is 1.97 bits per heavy atom. The van der Waals surface area contributed by atoms with E-state index >= 15 is 0 Å². The van der Waals surface area contributed by atoms with E-state index in [1.165, 1.54) is 17.0 Å². The molecule has 29 heavy (non-hydrogen) atoms. The summed E-state index contributed by atoms with van der Waals surface area (Å²) in [5, 5.41) is 2.54. The van der Waals surface area contributed by atoms with Crippen molar-refractivity contribution in [2.45, 2.75) is 31.6 Å². The van der Waals surface area contributed by atoms with Gasteiger partial charge < -0.3 is 15.0 Å². The number of carbonyl (C=O) groups is 2. The first-order chi connectivity index (χ1) is 13.8. The van der Waals surface area contributed by atoms with Crippen molar-refractivity contribution in [2.75, 3.05) is 38.2 Å². The summed E-state index contributed by atoms with van der Waals surface area (Å²) in [5.74, 6) is -0.855. The van der Waals surface area contributed by atoms with Crippen LogP contribution in [0, 0.1) is 0 Å². The number of likely N-dealkylation sites (tertiary alicyclic amines) is 1. The van der Waals surface area contributed by atoms with Crippen LogP contribution in [0.2, 0.25) is 0 Å². The summed E-state index contributed by atoms with van der Waals surface area (Å²) in [6.45, 7) is 6.15. The van der Waals surface area contributed by atoms with Crippen LogP contribution in [-0.2, 0) is 27.0 Å². The molecule has 2 amide bonds. The van der Waals surface area contributed by atoms with E-state index in [0.29, 0.717) is 45.7 Å². The molecule has 3 rings (SSSR count). The molecule has 0 bridgehead atoms. The first-order valence-electron chi connectivity index (χ1n) is 9.53. The van der Waals surface area contributed by atoms with Crippen LogP contribution in [0.5, 0.6) is 0 Å². The lowest BCUT2D eigenvalue weighted by molar-refractivity contribution is -0.138. The molecule has 1 N–H and O–H groups in total. The number of carbonyl (C=O) groups excluding carboxylic acids is 2. The Morgan fingerprint density at radius 3 is 2.62 bits per heavy atom. The van der Waals surface area contributed by atoms with Gasteiger partial charge in [-0.3, -0.25) is 14.5 Å². The van der Waals surface area contributed by atoms with E-state index < -0.39 is 23.7 Å². The summed E-state index contributed by atoms with van der Waals surface area (Å²) >= 11 is 0. The van der Waals surface area contributed by atoms with Gasteiger partial charge in [-0.2, -0.15) is 13.2 Å². The first kappa shape index (κ1) is 21.3. The van der Waals surface area contributed by atoms with Crippen LogP contribution < -0.4 is 5.32 Å². The van der Waals surface area contributed by atoms with Crippen molar-refractivity contribution in [3.63, 3.8) is 0 Å². The second-order valence-corrected chi connectivity index (χ2v) is 7.14. The van der Waals surface area contributed by atoms with Gasteiger partial charge >= 0.3 is 6.18 Å². The lowest BCUT2D eigenvalue weighted by Gasteiger charge is -2.28. The molecule has 158 valence electrons. The van der Waals surface area contributed by atoms with E-state index in [0.717, 1.165) is 12.1 Å². The Kier molecular flexibility index (Phi) is 6.59. The van der Waals surface area contributed by atoms with Gasteiger partial charge in [0.2, 0.25) is 11.8 Å². The number of rotatable bonds is 5. The van der Waals surface area contributed by atoms with Gasteiger partial charge in [0.05, 0.1) is 18.8 Å². The minimum Gasteiger partial charge on any atom is -0.379 e. The number of alkyl halides is 3. The molecule has 0 spiro atoms. The van der Waals surface area contributed by atoms with Crippen molar-refractivity contribution in [3.05, 3.63) is 42.0 Å². The highest BCUT2D eigenvalue weighted by atomic mass is 19.4. The third kappa shape index (κ3) is 5.16. The lowest BCUT2D eigenvalue weighted by Crippen LogP contribution is -2.42. The Bertz CT molecular complexity index is 776. The number of anilines is 1. The highest BCUT2D eigenvalue weighted by Gasteiger charge is 2.36. The van der Waals surface area contributed by atoms with Crippen LogP contribution >= 0.6 is 0 Å². The number of benzene rings is 1. The molecule has 2 heterocycles. The zero-order valence-corrected chi connectivity index (χ0v) is 16.0. The van der Waals surface area contributed by atoms with Crippen LogP contribution in [0.1, 0.15) is 24.0 Å². The van der Waals surface area contributed by atoms with Crippen molar-refractivity contribution in [1.82, 2.24) is 9.80 Å². The van der Waals surface area contributed by atoms with Crippen molar-refractivity contribution in [1.29, 1.82) is 0 Å². The Hall–Kier alpha value is -2.39. The minimum atomic E-state index is -4.54. The maximum Gasteiger partial charge on any atom is 0.416 e. The van der Waals surface area contributed by atoms with Crippen molar-refractivity contribution in [3.8, 4) is 0 Å². The van der Waals surface area contributed by atoms with Crippen LogP contribution in [0.4, 0.5) is 18.9 Å². The topological polar surface area (TPSA) is 61.9 Å². The zero-order chi connectivity index (χ0) is 21.0. The number of halogens is 3. The van der Waals surface area contributed by atoms with Gasteiger partial charge in [0.25, 0.3) is 0 Å². The molecular weight excluding hydrogens is 387 g/mol. The number of nitrogens with one attached hydrogen (secondary N) is 1. The molecule has 1 aromatic rings. The molecule has 6 nitrogen and oxygen atoms in total. The maximum absolute atomic E-state index is 13.6. The third-order valence-electron chi connectivity index (χ3n) is 5.19. The second kappa shape index (κ2) is 8.96. The SMILES string of the molecule is C=CC(=O)N1CCCC1C(=O)Nc1ccc(CN2CCOCC2)c(C(F)(F)F)c1. The Morgan fingerprint density at radius 1 is 1.24 bits per heavy atom. The number of hydrogen-bond acceptors (Lipinski definition) is 4. The highest BCUT2D eigenvalue weighted by molar-refractivity contribution is 5.99. The Labute approximate surface area is 167 Å². The van der Waals surface area contributed by atoms with E-state index in [4.69, 9.17) is 4.74 Å². The van der Waals surface area contributed by atoms with Crippen LogP contribution in [0.25, 0.3) is 0 Å². The van der Waals surface area contributed by atoms with Gasteiger partial charge in [-0.05, 0) is 36.6 Å². The van der Waals surface area contributed by atoms with Crippen LogP contribution in [0.15, 0.2) is 30.9 Å². The predicted molar refractivity (Wildman–Crippen MR) is 101 cm³/mol. The van der Waals surface area contributed by atoms with Crippen molar-refractivity contribution < 1.29 is 27.5 Å². The van der Waals surface area contributed by atoms with Crippen molar-refractivity contribution in [2.24, 2.45) is 0 Å². The quantitative estimate of drug-likeness (QED) is 0.757. The number of hydrogen-bond donors (Lipinski definition) is 1. The number of morpholine rings is 1. The van der Waals surface area contributed by atoms with Gasteiger partial charge in [0.15, 0.2) is 0 Å². The molecule has 0 aliphatic carbocycles. The monoisotopic (exact) mass is 411 g/mol. The summed E-state index contributed by atoms with van der Waals surface area (Å²) in [7, 11) is 0. The molecular formula is C20H24F3N3O3. The molecule has 0 saturated carbocycles. The average Bonchev–Trinajstić information content (AvgIpc) is 3.18. The lowest BCUT2D eigenvalue weighted by atomic mass is 10.0. The van der Waals surface area contributed by atoms with Gasteiger partial charge in [0.1, 0.15) is 6.04 Å². The summed E-state index contributed by atoms with van der Waals surface area (Å²) < 4.78 is 46.1. The summed E-state index contributed by atoms with van der Waals surface area (Å²) in [6.07, 6.45) is -2.29. The molecule has 0 aromatic heterocycles. The molecule has 2 saturated heterocycles. The Balaban J connectivity index is 1.76. The summed E-state index contributed by atoms with van der Waals surface area (Å²) in [5.41, 5.74) is -0.556. The van der Waals surface area contributed by atoms with Crippen LogP contribution in [0.3, 0.4) is 0 Å². The highest BCUT2D eigenvalue weighted by Crippen LogP contribution is 2.35. The van der Waals surface area contributed by atoms with Crippen LogP contribution in [-0.4, -0.2) is 60.5 Å². The number of nitrogens with zero attached hydrogens (tertiary/aromatic N) is 2. The molecule has 9 heteroatoms. The van der Waals surface area contributed by atoms with Gasteiger partial charge in [0, 0.05) is 31.9 Å². The van der Waals surface area contributed by atoms with E-state index in [9.17, 15) is 22.8 Å². The van der Waals surface area contributed by atoms with Gasteiger partial charge in [-0.15, -0.1) is 0 Å². The standard InChI is InChI=1S/C20H24F3N3O3/c1-2-18(27)26-7-3-4-17(26)19(28)24-15-6-5-14(16(12-15)20(21,22)23)13-25-8-10-29-11-9-25/h2,5-6,12,17H,1,3-4,7-11,13H2,(H,24,28). The fraction of sp³-hybridized carbons (Fsp3) is 0.500.